The summed E-state index contributed by atoms with van der Waals surface area (Å²) >= 11 is 4.99. The fraction of sp³-hybridized carbons (Fsp3) is 0.545. The summed E-state index contributed by atoms with van der Waals surface area (Å²) in [7, 11) is 0. The summed E-state index contributed by atoms with van der Waals surface area (Å²) in [6, 6.07) is 2.48. The van der Waals surface area contributed by atoms with Crippen LogP contribution < -0.4 is 0 Å². The van der Waals surface area contributed by atoms with Gasteiger partial charge in [-0.15, -0.1) is 11.3 Å². The summed E-state index contributed by atoms with van der Waals surface area (Å²) in [6.07, 6.45) is 2.34. The average molecular weight is 288 g/mol. The summed E-state index contributed by atoms with van der Waals surface area (Å²) in [5.74, 6) is 0.193. The molecule has 15 heavy (non-hydrogen) atoms. The topological polar surface area (TPSA) is 20.3 Å². The monoisotopic (exact) mass is 287 g/mol. The number of carbonyl (C=O) groups is 1. The fourth-order valence-corrected chi connectivity index (χ4v) is 3.15. The molecule has 2 nitrogen and oxygen atoms in total. The molecule has 0 bridgehead atoms. The van der Waals surface area contributed by atoms with Crippen molar-refractivity contribution in [1.29, 1.82) is 0 Å². The Labute approximate surface area is 102 Å². The lowest BCUT2D eigenvalue weighted by molar-refractivity contribution is 0.0757. The quantitative estimate of drug-likeness (QED) is 0.834. The summed E-state index contributed by atoms with van der Waals surface area (Å²) in [4.78, 5) is 15.0. The number of carbonyl (C=O) groups excluding carboxylic acids is 1. The second-order valence-corrected chi connectivity index (χ2v) is 6.26. The van der Waals surface area contributed by atoms with Gasteiger partial charge in [-0.1, -0.05) is 0 Å². The molecule has 1 heterocycles. The molecule has 1 aromatic rings. The summed E-state index contributed by atoms with van der Waals surface area (Å²) in [5.41, 5.74) is 1.15. The number of thiophene rings is 1. The van der Waals surface area contributed by atoms with Crippen LogP contribution in [0.2, 0.25) is 0 Å². The van der Waals surface area contributed by atoms with E-state index < -0.39 is 0 Å². The zero-order valence-corrected chi connectivity index (χ0v) is 11.3. The molecule has 1 aromatic heterocycles. The highest BCUT2D eigenvalue weighted by molar-refractivity contribution is 9.11. The third-order valence-corrected chi connectivity index (χ3v) is 4.78. The molecule has 0 aromatic carbocycles. The van der Waals surface area contributed by atoms with E-state index in [-0.39, 0.29) is 5.91 Å². The van der Waals surface area contributed by atoms with Crippen molar-refractivity contribution in [3.05, 3.63) is 20.3 Å². The van der Waals surface area contributed by atoms with E-state index >= 15 is 0 Å². The molecular formula is C11H14BrNOS. The molecule has 0 radical (unpaired) electrons. The lowest BCUT2D eigenvalue weighted by Crippen LogP contribution is -2.32. The zero-order valence-electron chi connectivity index (χ0n) is 8.92. The van der Waals surface area contributed by atoms with Gasteiger partial charge in [-0.3, -0.25) is 4.79 Å². The van der Waals surface area contributed by atoms with E-state index in [0.717, 1.165) is 20.8 Å². The van der Waals surface area contributed by atoms with Crippen molar-refractivity contribution in [2.24, 2.45) is 0 Å². The Morgan fingerprint density at radius 1 is 1.67 bits per heavy atom. The van der Waals surface area contributed by atoms with Gasteiger partial charge in [0.05, 0.1) is 8.66 Å². The molecule has 1 fully saturated rings. The SMILES string of the molecule is CCN(C(=O)c1cc(C)c(Br)s1)C1CC1. The van der Waals surface area contributed by atoms with Crippen LogP contribution in [0.4, 0.5) is 0 Å². The van der Waals surface area contributed by atoms with Crippen molar-refractivity contribution in [1.82, 2.24) is 4.90 Å². The number of amides is 1. The molecule has 0 N–H and O–H groups in total. The maximum atomic E-state index is 12.1. The molecule has 2 rings (SSSR count). The predicted octanol–water partition coefficient (Wildman–Crippen LogP) is 3.44. The Hall–Kier alpha value is -0.350. The van der Waals surface area contributed by atoms with Gasteiger partial charge < -0.3 is 4.90 Å². The van der Waals surface area contributed by atoms with Crippen LogP contribution >= 0.6 is 27.3 Å². The molecule has 82 valence electrons. The summed E-state index contributed by atoms with van der Waals surface area (Å²) in [5, 5.41) is 0. The number of hydrogen-bond acceptors (Lipinski definition) is 2. The number of rotatable bonds is 3. The number of aryl methyl sites for hydroxylation is 1. The minimum atomic E-state index is 0.193. The first kappa shape index (κ1) is 11.1. The van der Waals surface area contributed by atoms with E-state index in [1.54, 1.807) is 0 Å². The van der Waals surface area contributed by atoms with Gasteiger partial charge in [-0.2, -0.15) is 0 Å². The Balaban J connectivity index is 2.18. The molecule has 1 aliphatic carbocycles. The van der Waals surface area contributed by atoms with Crippen molar-refractivity contribution < 1.29 is 4.79 Å². The summed E-state index contributed by atoms with van der Waals surface area (Å²) < 4.78 is 1.07. The van der Waals surface area contributed by atoms with Crippen LogP contribution in [0.3, 0.4) is 0 Å². The minimum Gasteiger partial charge on any atom is -0.335 e. The molecule has 1 amide bonds. The molecule has 0 saturated heterocycles. The van der Waals surface area contributed by atoms with Crippen molar-refractivity contribution in [2.75, 3.05) is 6.54 Å². The maximum Gasteiger partial charge on any atom is 0.264 e. The van der Waals surface area contributed by atoms with Crippen LogP contribution in [0, 0.1) is 6.92 Å². The van der Waals surface area contributed by atoms with Gasteiger partial charge in [0.25, 0.3) is 5.91 Å². The lowest BCUT2D eigenvalue weighted by Gasteiger charge is -2.19. The molecular weight excluding hydrogens is 274 g/mol. The normalized spacial score (nSPS) is 15.4. The highest BCUT2D eigenvalue weighted by Gasteiger charge is 2.32. The van der Waals surface area contributed by atoms with Crippen molar-refractivity contribution in [3.63, 3.8) is 0 Å². The van der Waals surface area contributed by atoms with Gasteiger partial charge in [0.15, 0.2) is 0 Å². The van der Waals surface area contributed by atoms with Crippen LogP contribution in [0.5, 0.6) is 0 Å². The third-order valence-electron chi connectivity index (χ3n) is 2.66. The molecule has 0 atom stereocenters. The van der Waals surface area contributed by atoms with E-state index in [1.165, 1.54) is 24.2 Å². The molecule has 1 aliphatic rings. The standard InChI is InChI=1S/C11H14BrNOS/c1-3-13(8-4-5-8)11(14)9-6-7(2)10(12)15-9/h6,8H,3-5H2,1-2H3. The number of hydrogen-bond donors (Lipinski definition) is 0. The fourth-order valence-electron chi connectivity index (χ4n) is 1.66. The highest BCUT2D eigenvalue weighted by atomic mass is 79.9. The first-order valence-corrected chi connectivity index (χ1v) is 6.81. The Kier molecular flexibility index (Phi) is 3.16. The number of halogens is 1. The lowest BCUT2D eigenvalue weighted by atomic mass is 10.3. The third kappa shape index (κ3) is 2.26. The molecule has 0 spiro atoms. The van der Waals surface area contributed by atoms with Crippen molar-refractivity contribution in [3.8, 4) is 0 Å². The molecule has 4 heteroatoms. The van der Waals surface area contributed by atoms with E-state index in [2.05, 4.69) is 15.9 Å². The van der Waals surface area contributed by atoms with Gasteiger partial charge in [-0.05, 0) is 54.2 Å². The van der Waals surface area contributed by atoms with Crippen LogP contribution in [0.25, 0.3) is 0 Å². The highest BCUT2D eigenvalue weighted by Crippen LogP contribution is 2.32. The second kappa shape index (κ2) is 4.26. The van der Waals surface area contributed by atoms with Gasteiger partial charge >= 0.3 is 0 Å². The second-order valence-electron chi connectivity index (χ2n) is 3.89. The first-order valence-electron chi connectivity index (χ1n) is 5.20. The van der Waals surface area contributed by atoms with Crippen LogP contribution in [0.1, 0.15) is 35.0 Å². The van der Waals surface area contributed by atoms with Gasteiger partial charge in [-0.25, -0.2) is 0 Å². The Morgan fingerprint density at radius 3 is 2.73 bits per heavy atom. The predicted molar refractivity (Wildman–Crippen MR) is 66.5 cm³/mol. The van der Waals surface area contributed by atoms with Crippen LogP contribution in [0.15, 0.2) is 9.85 Å². The molecule has 0 aliphatic heterocycles. The summed E-state index contributed by atoms with van der Waals surface area (Å²) in [6.45, 7) is 4.88. The van der Waals surface area contributed by atoms with Gasteiger partial charge in [0, 0.05) is 12.6 Å². The van der Waals surface area contributed by atoms with Gasteiger partial charge in [0.2, 0.25) is 0 Å². The van der Waals surface area contributed by atoms with Crippen molar-refractivity contribution >= 4 is 33.2 Å². The number of nitrogens with zero attached hydrogens (tertiary/aromatic N) is 1. The van der Waals surface area contributed by atoms with E-state index in [1.807, 2.05) is 24.8 Å². The van der Waals surface area contributed by atoms with Crippen molar-refractivity contribution in [2.45, 2.75) is 32.7 Å². The van der Waals surface area contributed by atoms with Gasteiger partial charge in [0.1, 0.15) is 0 Å². The van der Waals surface area contributed by atoms with E-state index in [9.17, 15) is 4.79 Å². The maximum absolute atomic E-state index is 12.1. The smallest absolute Gasteiger partial charge is 0.264 e. The van der Waals surface area contributed by atoms with Crippen LogP contribution in [-0.4, -0.2) is 23.4 Å². The minimum absolute atomic E-state index is 0.193. The first-order chi connectivity index (χ1) is 7.13. The molecule has 1 saturated carbocycles. The van der Waals surface area contributed by atoms with E-state index in [0.29, 0.717) is 6.04 Å². The Bertz CT molecular complexity index is 364. The average Bonchev–Trinajstić information content (AvgIpc) is 2.96. The van der Waals surface area contributed by atoms with E-state index in [4.69, 9.17) is 0 Å². The Morgan fingerprint density at radius 2 is 2.33 bits per heavy atom. The molecule has 0 unspecified atom stereocenters. The van der Waals surface area contributed by atoms with Crippen LogP contribution in [-0.2, 0) is 0 Å². The largest absolute Gasteiger partial charge is 0.335 e. The zero-order chi connectivity index (χ0) is 11.0.